The van der Waals surface area contributed by atoms with Gasteiger partial charge in [0.1, 0.15) is 11.6 Å². The number of piperidine rings is 1. The number of benzene rings is 1. The first-order valence-electron chi connectivity index (χ1n) is 12.9. The van der Waals surface area contributed by atoms with Gasteiger partial charge >= 0.3 is 0 Å². The second kappa shape index (κ2) is 12.1. The number of unbranched alkanes of at least 4 members (excludes halogenated alkanes) is 2. The Labute approximate surface area is 207 Å². The van der Waals surface area contributed by atoms with Gasteiger partial charge in [-0.2, -0.15) is 0 Å². The highest BCUT2D eigenvalue weighted by Crippen LogP contribution is 2.26. The minimum atomic E-state index is -0.167. The summed E-state index contributed by atoms with van der Waals surface area (Å²) in [6, 6.07) is 9.99. The lowest BCUT2D eigenvalue weighted by atomic mass is 9.95. The summed E-state index contributed by atoms with van der Waals surface area (Å²) in [5.41, 5.74) is 2.93. The SMILES string of the molecule is CCC(=O)CCCCC[C@H](NC(=O)C1CCN(C)CC1)c1ncc(-c2ccc3ncccc3c2)[nH]1. The van der Waals surface area contributed by atoms with E-state index in [2.05, 4.69) is 44.3 Å². The number of carbonyl (C=O) groups is 2. The maximum Gasteiger partial charge on any atom is 0.223 e. The molecule has 7 heteroatoms. The standard InChI is InChI=1S/C28H37N5O2/c1-3-23(34)9-5-4-6-10-25(32-28(35)20-13-16-33(2)17-14-20)27-30-19-26(31-27)22-11-12-24-21(18-22)8-7-15-29-24/h7-8,11-12,15,18-20,25H,3-6,9-10,13-14,16-17H2,1-2H3,(H,30,31)(H,32,35)/t25-/m0/s1. The fourth-order valence-corrected chi connectivity index (χ4v) is 4.77. The minimum Gasteiger partial charge on any atom is -0.346 e. The van der Waals surface area contributed by atoms with E-state index in [1.54, 1.807) is 6.20 Å². The zero-order valence-corrected chi connectivity index (χ0v) is 20.9. The third kappa shape index (κ3) is 6.75. The van der Waals surface area contributed by atoms with Crippen LogP contribution in [-0.4, -0.2) is 51.7 Å². The fourth-order valence-electron chi connectivity index (χ4n) is 4.77. The quantitative estimate of drug-likeness (QED) is 0.379. The zero-order valence-electron chi connectivity index (χ0n) is 20.9. The Hall–Kier alpha value is -3.06. The lowest BCUT2D eigenvalue weighted by molar-refractivity contribution is -0.127. The van der Waals surface area contributed by atoms with Crippen LogP contribution in [0.15, 0.2) is 42.7 Å². The molecule has 35 heavy (non-hydrogen) atoms. The molecule has 3 heterocycles. The van der Waals surface area contributed by atoms with Gasteiger partial charge in [-0.1, -0.05) is 31.9 Å². The predicted molar refractivity (Wildman–Crippen MR) is 139 cm³/mol. The molecule has 7 nitrogen and oxygen atoms in total. The highest BCUT2D eigenvalue weighted by molar-refractivity contribution is 5.83. The Morgan fingerprint density at radius 2 is 1.97 bits per heavy atom. The van der Waals surface area contributed by atoms with Gasteiger partial charge in [0, 0.05) is 35.9 Å². The second-order valence-corrected chi connectivity index (χ2v) is 9.72. The Balaban J connectivity index is 1.45. The van der Waals surface area contributed by atoms with Crippen molar-refractivity contribution in [2.45, 2.75) is 64.3 Å². The smallest absolute Gasteiger partial charge is 0.223 e. The summed E-state index contributed by atoms with van der Waals surface area (Å²) in [6.07, 6.45) is 10.3. The first kappa shape index (κ1) is 25.0. The number of hydrogen-bond donors (Lipinski definition) is 2. The number of nitrogens with one attached hydrogen (secondary N) is 2. The van der Waals surface area contributed by atoms with E-state index in [9.17, 15) is 9.59 Å². The molecule has 2 aromatic heterocycles. The zero-order chi connectivity index (χ0) is 24.6. The molecule has 1 amide bonds. The summed E-state index contributed by atoms with van der Waals surface area (Å²) < 4.78 is 0. The molecule has 0 bridgehead atoms. The Morgan fingerprint density at radius 1 is 1.14 bits per heavy atom. The maximum atomic E-state index is 13.1. The summed E-state index contributed by atoms with van der Waals surface area (Å²) in [7, 11) is 2.10. The number of nitrogens with zero attached hydrogens (tertiary/aromatic N) is 3. The number of hydrogen-bond acceptors (Lipinski definition) is 5. The van der Waals surface area contributed by atoms with Crippen molar-refractivity contribution >= 4 is 22.6 Å². The number of carbonyl (C=O) groups excluding carboxylic acids is 2. The molecule has 1 fully saturated rings. The topological polar surface area (TPSA) is 91.0 Å². The molecule has 0 aliphatic carbocycles. The number of rotatable bonds is 11. The van der Waals surface area contributed by atoms with E-state index in [1.165, 1.54) is 0 Å². The van der Waals surface area contributed by atoms with Crippen molar-refractivity contribution in [3.05, 3.63) is 48.5 Å². The van der Waals surface area contributed by atoms with Gasteiger partial charge in [0.25, 0.3) is 0 Å². The van der Waals surface area contributed by atoms with Crippen molar-refractivity contribution in [3.63, 3.8) is 0 Å². The molecule has 0 radical (unpaired) electrons. The molecule has 1 aromatic carbocycles. The van der Waals surface area contributed by atoms with Gasteiger partial charge in [0.15, 0.2) is 0 Å². The molecule has 0 saturated carbocycles. The van der Waals surface area contributed by atoms with Crippen LogP contribution in [0.2, 0.25) is 0 Å². The number of amides is 1. The molecule has 186 valence electrons. The summed E-state index contributed by atoms with van der Waals surface area (Å²) in [6.45, 7) is 3.82. The van der Waals surface area contributed by atoms with E-state index in [-0.39, 0.29) is 17.9 Å². The lowest BCUT2D eigenvalue weighted by Crippen LogP contribution is -2.40. The average Bonchev–Trinajstić information content (AvgIpc) is 3.38. The van der Waals surface area contributed by atoms with Gasteiger partial charge in [-0.05, 0) is 64.0 Å². The lowest BCUT2D eigenvalue weighted by Gasteiger charge is -2.29. The number of aromatic nitrogens is 3. The van der Waals surface area contributed by atoms with Gasteiger partial charge < -0.3 is 15.2 Å². The molecular weight excluding hydrogens is 438 g/mol. The summed E-state index contributed by atoms with van der Waals surface area (Å²) >= 11 is 0. The number of pyridine rings is 1. The summed E-state index contributed by atoms with van der Waals surface area (Å²) in [4.78, 5) is 39.5. The molecule has 2 N–H and O–H groups in total. The molecule has 1 aliphatic rings. The van der Waals surface area contributed by atoms with Crippen molar-refractivity contribution in [2.75, 3.05) is 20.1 Å². The van der Waals surface area contributed by atoms with E-state index in [0.29, 0.717) is 18.6 Å². The predicted octanol–water partition coefficient (Wildman–Crippen LogP) is 5.05. The number of ketones is 1. The number of fused-ring (bicyclic) bond motifs is 1. The Bertz CT molecular complexity index is 1130. The molecular formula is C28H37N5O2. The van der Waals surface area contributed by atoms with E-state index in [1.807, 2.05) is 31.3 Å². The second-order valence-electron chi connectivity index (χ2n) is 9.72. The number of imidazole rings is 1. The van der Waals surface area contributed by atoms with Gasteiger partial charge in [0.2, 0.25) is 5.91 Å². The molecule has 0 spiro atoms. The van der Waals surface area contributed by atoms with Crippen molar-refractivity contribution < 1.29 is 9.59 Å². The number of Topliss-reactive ketones (excluding diaryl/α,β-unsaturated/α-hetero) is 1. The van der Waals surface area contributed by atoms with Crippen LogP contribution in [-0.2, 0) is 9.59 Å². The van der Waals surface area contributed by atoms with E-state index < -0.39 is 0 Å². The van der Waals surface area contributed by atoms with Crippen LogP contribution in [0, 0.1) is 5.92 Å². The highest BCUT2D eigenvalue weighted by atomic mass is 16.2. The van der Waals surface area contributed by atoms with Gasteiger partial charge in [-0.3, -0.25) is 14.6 Å². The van der Waals surface area contributed by atoms with Crippen LogP contribution in [0.1, 0.15) is 70.2 Å². The van der Waals surface area contributed by atoms with Gasteiger partial charge in [-0.15, -0.1) is 0 Å². The summed E-state index contributed by atoms with van der Waals surface area (Å²) in [5.74, 6) is 1.29. The third-order valence-electron chi connectivity index (χ3n) is 7.09. The van der Waals surface area contributed by atoms with E-state index in [0.717, 1.165) is 79.6 Å². The van der Waals surface area contributed by atoms with E-state index >= 15 is 0 Å². The van der Waals surface area contributed by atoms with Crippen molar-refractivity contribution in [2.24, 2.45) is 5.92 Å². The van der Waals surface area contributed by atoms with Crippen LogP contribution >= 0.6 is 0 Å². The van der Waals surface area contributed by atoms with Crippen molar-refractivity contribution in [1.82, 2.24) is 25.2 Å². The fraction of sp³-hybridized carbons (Fsp3) is 0.500. The van der Waals surface area contributed by atoms with Crippen molar-refractivity contribution in [1.29, 1.82) is 0 Å². The molecule has 1 aliphatic heterocycles. The first-order chi connectivity index (χ1) is 17.0. The molecule has 3 aromatic rings. The number of likely N-dealkylation sites (tertiary alicyclic amines) is 1. The van der Waals surface area contributed by atoms with E-state index in [4.69, 9.17) is 0 Å². The summed E-state index contributed by atoms with van der Waals surface area (Å²) in [5, 5.41) is 4.37. The van der Waals surface area contributed by atoms with Crippen LogP contribution in [0.25, 0.3) is 22.2 Å². The Morgan fingerprint density at radius 3 is 2.77 bits per heavy atom. The van der Waals surface area contributed by atoms with Crippen LogP contribution < -0.4 is 5.32 Å². The molecule has 1 saturated heterocycles. The van der Waals surface area contributed by atoms with Crippen LogP contribution in [0.4, 0.5) is 0 Å². The van der Waals surface area contributed by atoms with Crippen LogP contribution in [0.3, 0.4) is 0 Å². The highest BCUT2D eigenvalue weighted by Gasteiger charge is 2.26. The monoisotopic (exact) mass is 475 g/mol. The van der Waals surface area contributed by atoms with Gasteiger partial charge in [-0.25, -0.2) is 4.98 Å². The number of H-pyrrole nitrogens is 1. The largest absolute Gasteiger partial charge is 0.346 e. The number of aromatic amines is 1. The molecule has 0 unspecified atom stereocenters. The third-order valence-corrected chi connectivity index (χ3v) is 7.09. The molecule has 4 rings (SSSR count). The maximum absolute atomic E-state index is 13.1. The Kier molecular flexibility index (Phi) is 8.64. The van der Waals surface area contributed by atoms with Crippen LogP contribution in [0.5, 0.6) is 0 Å². The normalized spacial score (nSPS) is 15.8. The van der Waals surface area contributed by atoms with Crippen molar-refractivity contribution in [3.8, 4) is 11.3 Å². The molecule has 1 atom stereocenters. The first-order valence-corrected chi connectivity index (χ1v) is 12.9. The minimum absolute atomic E-state index is 0.0540. The van der Waals surface area contributed by atoms with Gasteiger partial charge in [0.05, 0.1) is 23.4 Å². The average molecular weight is 476 g/mol.